The number of ether oxygens (including phenoxy) is 1. The standard InChI is InChI=1S/C18H17FN4O3/c1-12(16-15(19)4-3-8-20-16)22(17(24)18(25)26-2)10-13-5-6-14-7-9-21-23(14)11-13/h3-9,11-12H,10H2,1-2H3. The van der Waals surface area contributed by atoms with Crippen molar-refractivity contribution in [2.75, 3.05) is 7.11 Å². The molecule has 8 heteroatoms. The Labute approximate surface area is 149 Å². The quantitative estimate of drug-likeness (QED) is 0.529. The summed E-state index contributed by atoms with van der Waals surface area (Å²) in [5, 5.41) is 4.15. The van der Waals surface area contributed by atoms with Gasteiger partial charge in [0, 0.05) is 25.1 Å². The van der Waals surface area contributed by atoms with Crippen LogP contribution in [0.3, 0.4) is 0 Å². The number of halogens is 1. The number of aromatic nitrogens is 3. The lowest BCUT2D eigenvalue weighted by Gasteiger charge is -2.28. The van der Waals surface area contributed by atoms with Crippen molar-refractivity contribution in [1.29, 1.82) is 0 Å². The van der Waals surface area contributed by atoms with Crippen LogP contribution in [-0.2, 0) is 20.9 Å². The summed E-state index contributed by atoms with van der Waals surface area (Å²) in [5.41, 5.74) is 1.69. The third-order valence-corrected chi connectivity index (χ3v) is 4.08. The highest BCUT2D eigenvalue weighted by Gasteiger charge is 2.30. The number of amides is 1. The van der Waals surface area contributed by atoms with Gasteiger partial charge in [0.05, 0.1) is 24.4 Å². The van der Waals surface area contributed by atoms with Gasteiger partial charge in [0.1, 0.15) is 5.82 Å². The molecule has 3 aromatic rings. The smallest absolute Gasteiger partial charge is 0.396 e. The van der Waals surface area contributed by atoms with Gasteiger partial charge in [-0.05, 0) is 36.8 Å². The molecule has 1 atom stereocenters. The van der Waals surface area contributed by atoms with Crippen molar-refractivity contribution in [3.05, 3.63) is 66.0 Å². The van der Waals surface area contributed by atoms with Gasteiger partial charge in [-0.2, -0.15) is 5.10 Å². The molecule has 3 aromatic heterocycles. The largest absolute Gasteiger partial charge is 0.462 e. The van der Waals surface area contributed by atoms with E-state index in [0.717, 1.165) is 18.2 Å². The molecule has 1 unspecified atom stereocenters. The average Bonchev–Trinajstić information content (AvgIpc) is 3.12. The van der Waals surface area contributed by atoms with E-state index in [2.05, 4.69) is 14.8 Å². The van der Waals surface area contributed by atoms with E-state index >= 15 is 0 Å². The number of carbonyl (C=O) groups excluding carboxylic acids is 2. The number of hydrogen-bond acceptors (Lipinski definition) is 5. The number of methoxy groups -OCH3 is 1. The maximum absolute atomic E-state index is 14.1. The third kappa shape index (κ3) is 3.39. The van der Waals surface area contributed by atoms with Crippen LogP contribution in [0.5, 0.6) is 0 Å². The van der Waals surface area contributed by atoms with E-state index in [1.165, 1.54) is 23.2 Å². The normalized spacial score (nSPS) is 12.0. The number of fused-ring (bicyclic) bond motifs is 1. The summed E-state index contributed by atoms with van der Waals surface area (Å²) in [6.07, 6.45) is 4.84. The van der Waals surface area contributed by atoms with E-state index in [-0.39, 0.29) is 12.2 Å². The number of pyridine rings is 2. The second kappa shape index (κ2) is 7.30. The Balaban J connectivity index is 1.95. The van der Waals surface area contributed by atoms with E-state index in [9.17, 15) is 14.0 Å². The minimum absolute atomic E-state index is 0.0704. The summed E-state index contributed by atoms with van der Waals surface area (Å²) in [7, 11) is 1.13. The zero-order chi connectivity index (χ0) is 18.7. The molecule has 26 heavy (non-hydrogen) atoms. The highest BCUT2D eigenvalue weighted by Crippen LogP contribution is 2.23. The highest BCUT2D eigenvalue weighted by atomic mass is 19.1. The fourth-order valence-corrected chi connectivity index (χ4v) is 2.69. The van der Waals surface area contributed by atoms with Gasteiger partial charge in [0.15, 0.2) is 0 Å². The van der Waals surface area contributed by atoms with Crippen LogP contribution >= 0.6 is 0 Å². The van der Waals surface area contributed by atoms with Gasteiger partial charge in [-0.3, -0.25) is 9.78 Å². The van der Waals surface area contributed by atoms with Crippen LogP contribution < -0.4 is 0 Å². The van der Waals surface area contributed by atoms with E-state index in [1.54, 1.807) is 23.8 Å². The molecule has 0 bridgehead atoms. The van der Waals surface area contributed by atoms with Crippen LogP contribution in [0.4, 0.5) is 4.39 Å². The minimum atomic E-state index is -1.02. The Morgan fingerprint density at radius 2 is 2.08 bits per heavy atom. The summed E-state index contributed by atoms with van der Waals surface area (Å²) < 4.78 is 20.3. The molecule has 0 saturated heterocycles. The highest BCUT2D eigenvalue weighted by molar-refractivity contribution is 6.32. The summed E-state index contributed by atoms with van der Waals surface area (Å²) >= 11 is 0. The predicted octanol–water partition coefficient (Wildman–Crippen LogP) is 2.13. The van der Waals surface area contributed by atoms with Crippen LogP contribution in [0, 0.1) is 5.82 Å². The summed E-state index contributed by atoms with van der Waals surface area (Å²) in [6.45, 7) is 1.68. The van der Waals surface area contributed by atoms with Gasteiger partial charge in [0.25, 0.3) is 0 Å². The van der Waals surface area contributed by atoms with Gasteiger partial charge in [-0.1, -0.05) is 6.07 Å². The first-order valence-corrected chi connectivity index (χ1v) is 7.93. The van der Waals surface area contributed by atoms with E-state index in [0.29, 0.717) is 0 Å². The fourth-order valence-electron chi connectivity index (χ4n) is 2.69. The number of carbonyl (C=O) groups is 2. The molecule has 3 heterocycles. The monoisotopic (exact) mass is 356 g/mol. The van der Waals surface area contributed by atoms with Crippen LogP contribution in [0.1, 0.15) is 24.2 Å². The van der Waals surface area contributed by atoms with E-state index in [1.807, 2.05) is 18.2 Å². The summed E-state index contributed by atoms with van der Waals surface area (Å²) in [6, 6.07) is 7.45. The lowest BCUT2D eigenvalue weighted by atomic mass is 10.1. The first-order valence-electron chi connectivity index (χ1n) is 7.93. The zero-order valence-corrected chi connectivity index (χ0v) is 14.3. The van der Waals surface area contributed by atoms with Crippen LogP contribution in [0.25, 0.3) is 5.52 Å². The van der Waals surface area contributed by atoms with Crippen molar-refractivity contribution in [3.8, 4) is 0 Å². The molecule has 0 spiro atoms. The van der Waals surface area contributed by atoms with Crippen molar-refractivity contribution in [2.45, 2.75) is 19.5 Å². The molecule has 0 aliphatic carbocycles. The van der Waals surface area contributed by atoms with Gasteiger partial charge in [-0.15, -0.1) is 0 Å². The fraction of sp³-hybridized carbons (Fsp3) is 0.222. The molecule has 0 saturated carbocycles. The molecule has 0 N–H and O–H groups in total. The second-order valence-electron chi connectivity index (χ2n) is 5.71. The van der Waals surface area contributed by atoms with Crippen molar-refractivity contribution < 1.29 is 18.7 Å². The van der Waals surface area contributed by atoms with Gasteiger partial charge >= 0.3 is 11.9 Å². The third-order valence-electron chi connectivity index (χ3n) is 4.08. The molecule has 3 rings (SSSR count). The molecule has 1 amide bonds. The molecule has 0 fully saturated rings. The zero-order valence-electron chi connectivity index (χ0n) is 14.3. The molecule has 0 aromatic carbocycles. The van der Waals surface area contributed by atoms with Gasteiger partial charge < -0.3 is 9.64 Å². The summed E-state index contributed by atoms with van der Waals surface area (Å²) in [5.74, 6) is -2.44. The maximum atomic E-state index is 14.1. The maximum Gasteiger partial charge on any atom is 0.396 e. The Morgan fingerprint density at radius 1 is 1.27 bits per heavy atom. The number of esters is 1. The second-order valence-corrected chi connectivity index (χ2v) is 5.71. The van der Waals surface area contributed by atoms with E-state index in [4.69, 9.17) is 0 Å². The lowest BCUT2D eigenvalue weighted by molar-refractivity contribution is -0.159. The molecule has 0 aliphatic heterocycles. The predicted molar refractivity (Wildman–Crippen MR) is 90.4 cm³/mol. The van der Waals surface area contributed by atoms with Crippen molar-refractivity contribution in [2.24, 2.45) is 0 Å². The molecule has 0 aliphatic rings. The Morgan fingerprint density at radius 3 is 2.81 bits per heavy atom. The molecule has 7 nitrogen and oxygen atoms in total. The first-order chi connectivity index (χ1) is 12.5. The minimum Gasteiger partial charge on any atom is -0.462 e. The Hall–Kier alpha value is -3.29. The van der Waals surface area contributed by atoms with Crippen molar-refractivity contribution in [1.82, 2.24) is 19.5 Å². The summed E-state index contributed by atoms with van der Waals surface area (Å²) in [4.78, 5) is 29.5. The van der Waals surface area contributed by atoms with Crippen LogP contribution in [0.15, 0.2) is 48.9 Å². The topological polar surface area (TPSA) is 76.8 Å². The Kier molecular flexibility index (Phi) is 4.92. The molecule has 134 valence electrons. The Bertz CT molecular complexity index is 956. The number of nitrogens with zero attached hydrogens (tertiary/aromatic N) is 4. The van der Waals surface area contributed by atoms with Gasteiger partial charge in [-0.25, -0.2) is 13.7 Å². The van der Waals surface area contributed by atoms with E-state index < -0.39 is 23.7 Å². The number of rotatable bonds is 4. The molecule has 0 radical (unpaired) electrons. The number of hydrogen-bond donors (Lipinski definition) is 0. The molecular formula is C18H17FN4O3. The van der Waals surface area contributed by atoms with Crippen LogP contribution in [0.2, 0.25) is 0 Å². The average molecular weight is 356 g/mol. The van der Waals surface area contributed by atoms with Crippen molar-refractivity contribution in [3.63, 3.8) is 0 Å². The van der Waals surface area contributed by atoms with Crippen LogP contribution in [-0.4, -0.2) is 38.5 Å². The van der Waals surface area contributed by atoms with Crippen molar-refractivity contribution >= 4 is 17.4 Å². The lowest BCUT2D eigenvalue weighted by Crippen LogP contribution is -2.39. The first kappa shape index (κ1) is 17.5. The molecular weight excluding hydrogens is 339 g/mol. The SMILES string of the molecule is COC(=O)C(=O)N(Cc1ccc2ccnn2c1)C(C)c1ncccc1F. The van der Waals surface area contributed by atoms with Gasteiger partial charge in [0.2, 0.25) is 0 Å².